The monoisotopic (exact) mass is 814 g/mol. The number of anilines is 2. The van der Waals surface area contributed by atoms with E-state index >= 15 is 0 Å². The van der Waals surface area contributed by atoms with Crippen LogP contribution in [0.5, 0.6) is 0 Å². The summed E-state index contributed by atoms with van der Waals surface area (Å²) in [5.74, 6) is 0. The average molecular weight is 815 g/mol. The summed E-state index contributed by atoms with van der Waals surface area (Å²) in [5.41, 5.74) is 22.1. The fourth-order valence-corrected chi connectivity index (χ4v) is 11.2. The Balaban J connectivity index is 0.966. The number of hydrogen-bond acceptors (Lipinski definition) is 1. The quantitative estimate of drug-likeness (QED) is 0.162. The van der Waals surface area contributed by atoms with Gasteiger partial charge in [-0.15, -0.1) is 0 Å². The van der Waals surface area contributed by atoms with Crippen molar-refractivity contribution in [3.8, 4) is 39.1 Å². The zero-order chi connectivity index (χ0) is 42.2. The van der Waals surface area contributed by atoms with Gasteiger partial charge >= 0.3 is 0 Å². The minimum Gasteiger partial charge on any atom is -0.310 e. The molecule has 0 atom stereocenters. The van der Waals surface area contributed by atoms with E-state index in [2.05, 4.69) is 252 Å². The van der Waals surface area contributed by atoms with E-state index in [-0.39, 0.29) is 0 Å². The van der Waals surface area contributed by atoms with Crippen LogP contribution in [-0.4, -0.2) is 4.57 Å². The van der Waals surface area contributed by atoms with Crippen molar-refractivity contribution in [1.82, 2.24) is 4.57 Å². The zero-order valence-electron chi connectivity index (χ0n) is 35.2. The average Bonchev–Trinajstić information content (AvgIpc) is 3.90. The van der Waals surface area contributed by atoms with Gasteiger partial charge in [0.1, 0.15) is 0 Å². The Kier molecular flexibility index (Phi) is 8.23. The van der Waals surface area contributed by atoms with Gasteiger partial charge in [-0.1, -0.05) is 188 Å². The predicted octanol–water partition coefficient (Wildman–Crippen LogP) is 15.9. The highest BCUT2D eigenvalue weighted by Crippen LogP contribution is 2.64. The third-order valence-corrected chi connectivity index (χ3v) is 13.9. The lowest BCUT2D eigenvalue weighted by atomic mass is 9.69. The molecule has 3 aliphatic rings. The van der Waals surface area contributed by atoms with E-state index in [0.717, 1.165) is 23.5 Å². The van der Waals surface area contributed by atoms with Gasteiger partial charge < -0.3 is 9.47 Å². The number of aromatic nitrogens is 1. The molecule has 0 amide bonds. The van der Waals surface area contributed by atoms with Crippen molar-refractivity contribution in [2.24, 2.45) is 0 Å². The molecule has 0 saturated carbocycles. The van der Waals surface area contributed by atoms with Crippen LogP contribution in [0.15, 0.2) is 254 Å². The largest absolute Gasteiger partial charge is 0.310 e. The molecular weight excluding hydrogens is 773 g/mol. The molecule has 13 rings (SSSR count). The van der Waals surface area contributed by atoms with E-state index < -0.39 is 5.41 Å². The van der Waals surface area contributed by atoms with Crippen molar-refractivity contribution in [2.75, 3.05) is 4.90 Å². The Bertz CT molecular complexity index is 3460. The van der Waals surface area contributed by atoms with Gasteiger partial charge in [0.15, 0.2) is 0 Å². The van der Waals surface area contributed by atoms with Crippen LogP contribution in [0.4, 0.5) is 11.4 Å². The van der Waals surface area contributed by atoms with Crippen LogP contribution in [-0.2, 0) is 5.41 Å². The van der Waals surface area contributed by atoms with Crippen LogP contribution in [0.1, 0.15) is 28.7 Å². The lowest BCUT2D eigenvalue weighted by Crippen LogP contribution is -2.27. The summed E-state index contributed by atoms with van der Waals surface area (Å²) in [6.45, 7) is 0. The van der Waals surface area contributed by atoms with Crippen LogP contribution in [0.25, 0.3) is 66.4 Å². The summed E-state index contributed by atoms with van der Waals surface area (Å²) in [6, 6.07) is 82.7. The minimum absolute atomic E-state index is 0.403. The second-order valence-corrected chi connectivity index (χ2v) is 17.1. The first-order chi connectivity index (χ1) is 31.8. The lowest BCUT2D eigenvalue weighted by molar-refractivity contribution is 0.746. The third kappa shape index (κ3) is 5.33. The topological polar surface area (TPSA) is 8.17 Å². The number of rotatable bonds is 6. The maximum atomic E-state index is 2.50. The highest BCUT2D eigenvalue weighted by Gasteiger charge is 2.53. The summed E-state index contributed by atoms with van der Waals surface area (Å²) < 4.78 is 2.38. The first-order valence-corrected chi connectivity index (χ1v) is 22.3. The maximum absolute atomic E-state index is 2.50. The standard InChI is InChI=1S/C62H42N2/c1-2-17-42(18-3-1)45-19-16-20-48(41-45)63(46-37-33-43(34-38-46)44-35-39-47(40-36-44)64-58-30-13-7-23-51(58)52-24-8-14-31-59(52)64)60-32-15-12-29-57-61(60)53-25-6-11-28-56(53)62(57)54-26-9-4-21-49(54)50-22-5-10-27-55(50)62/h1-28,30-41H,29H2. The second-order valence-electron chi connectivity index (χ2n) is 17.1. The van der Waals surface area contributed by atoms with E-state index in [9.17, 15) is 0 Å². The minimum atomic E-state index is -0.403. The number of nitrogens with zero attached hydrogens (tertiary/aromatic N) is 2. The molecule has 0 unspecified atom stereocenters. The van der Waals surface area contributed by atoms with Gasteiger partial charge in [-0.05, 0) is 122 Å². The van der Waals surface area contributed by atoms with Crippen molar-refractivity contribution >= 4 is 38.8 Å². The molecule has 3 aliphatic carbocycles. The summed E-state index contributed by atoms with van der Waals surface area (Å²) in [5, 5.41) is 2.54. The Morgan fingerprint density at radius 2 is 0.922 bits per heavy atom. The van der Waals surface area contributed by atoms with Crippen molar-refractivity contribution in [3.05, 3.63) is 276 Å². The molecule has 0 N–H and O–H groups in total. The predicted molar refractivity (Wildman–Crippen MR) is 267 cm³/mol. The van der Waals surface area contributed by atoms with E-state index in [0.29, 0.717) is 0 Å². The molecule has 2 nitrogen and oxygen atoms in total. The van der Waals surface area contributed by atoms with Gasteiger partial charge in [-0.3, -0.25) is 0 Å². The molecule has 1 aromatic heterocycles. The Morgan fingerprint density at radius 1 is 0.406 bits per heavy atom. The molecule has 1 heterocycles. The van der Waals surface area contributed by atoms with Crippen molar-refractivity contribution in [3.63, 3.8) is 0 Å². The van der Waals surface area contributed by atoms with Gasteiger partial charge in [-0.2, -0.15) is 0 Å². The fourth-order valence-electron chi connectivity index (χ4n) is 11.2. The van der Waals surface area contributed by atoms with Gasteiger partial charge in [0.2, 0.25) is 0 Å². The summed E-state index contributed by atoms with van der Waals surface area (Å²) in [6.07, 6.45) is 7.83. The molecule has 300 valence electrons. The first-order valence-electron chi connectivity index (χ1n) is 22.3. The van der Waals surface area contributed by atoms with E-state index in [1.54, 1.807) is 0 Å². The number of fused-ring (bicyclic) bond motifs is 12. The second kappa shape index (κ2) is 14.4. The first kappa shape index (κ1) is 36.5. The summed E-state index contributed by atoms with van der Waals surface area (Å²) in [4.78, 5) is 2.50. The Morgan fingerprint density at radius 3 is 1.58 bits per heavy atom. The normalized spacial score (nSPS) is 14.3. The lowest BCUT2D eigenvalue weighted by Gasteiger charge is -2.33. The Hall–Kier alpha value is -8.20. The summed E-state index contributed by atoms with van der Waals surface area (Å²) >= 11 is 0. The smallest absolute Gasteiger partial charge is 0.0692 e. The molecule has 9 aromatic carbocycles. The van der Waals surface area contributed by atoms with Crippen LogP contribution >= 0.6 is 0 Å². The van der Waals surface area contributed by atoms with Crippen LogP contribution < -0.4 is 4.90 Å². The number of benzene rings is 9. The highest BCUT2D eigenvalue weighted by molar-refractivity contribution is 6.09. The molecular formula is C62H42N2. The van der Waals surface area contributed by atoms with Gasteiger partial charge in [0.05, 0.1) is 22.1 Å². The van der Waals surface area contributed by atoms with Crippen LogP contribution in [0.3, 0.4) is 0 Å². The maximum Gasteiger partial charge on any atom is 0.0692 e. The molecule has 10 aromatic rings. The van der Waals surface area contributed by atoms with E-state index in [1.165, 1.54) is 94.3 Å². The van der Waals surface area contributed by atoms with E-state index in [4.69, 9.17) is 0 Å². The molecule has 0 radical (unpaired) electrons. The molecule has 2 heteroatoms. The fraction of sp³-hybridized carbons (Fsp3) is 0.0323. The molecule has 0 fully saturated rings. The molecule has 0 bridgehead atoms. The molecule has 0 aliphatic heterocycles. The van der Waals surface area contributed by atoms with Crippen molar-refractivity contribution < 1.29 is 0 Å². The molecule has 64 heavy (non-hydrogen) atoms. The van der Waals surface area contributed by atoms with Crippen LogP contribution in [0.2, 0.25) is 0 Å². The SMILES string of the molecule is C1=CCC2=C(C(N(c3ccc(-c4ccc(-n5c6ccccc6c6ccccc65)cc4)cc3)c3cccc(-c4ccccc4)c3)=C1)c1ccccc1C21c2ccccc2-c2ccccc21. The van der Waals surface area contributed by atoms with Crippen LogP contribution in [0, 0.1) is 0 Å². The Labute approximate surface area is 373 Å². The van der Waals surface area contributed by atoms with Crippen molar-refractivity contribution in [2.45, 2.75) is 11.8 Å². The number of para-hydroxylation sites is 2. The summed E-state index contributed by atoms with van der Waals surface area (Å²) in [7, 11) is 0. The number of hydrogen-bond donors (Lipinski definition) is 0. The van der Waals surface area contributed by atoms with Crippen molar-refractivity contribution in [1.29, 1.82) is 0 Å². The van der Waals surface area contributed by atoms with E-state index in [1.807, 2.05) is 0 Å². The number of allylic oxidation sites excluding steroid dienone is 5. The zero-order valence-corrected chi connectivity index (χ0v) is 35.2. The van der Waals surface area contributed by atoms with Gasteiger partial charge in [0.25, 0.3) is 0 Å². The molecule has 1 spiro atoms. The van der Waals surface area contributed by atoms with Gasteiger partial charge in [0, 0.05) is 33.4 Å². The highest BCUT2D eigenvalue weighted by atomic mass is 15.2. The van der Waals surface area contributed by atoms with Gasteiger partial charge in [-0.25, -0.2) is 0 Å². The molecule has 0 saturated heterocycles. The third-order valence-electron chi connectivity index (χ3n) is 13.9.